The molecule has 2 aromatic carbocycles. The van der Waals surface area contributed by atoms with Gasteiger partial charge in [-0.2, -0.15) is 0 Å². The van der Waals surface area contributed by atoms with Crippen LogP contribution in [0.5, 0.6) is 0 Å². The first-order valence-electron chi connectivity index (χ1n) is 9.61. The number of thioether (sulfide) groups is 1. The first kappa shape index (κ1) is 20.0. The van der Waals surface area contributed by atoms with E-state index >= 15 is 0 Å². The Kier molecular flexibility index (Phi) is 5.99. The van der Waals surface area contributed by atoms with Gasteiger partial charge >= 0.3 is 0 Å². The zero-order chi connectivity index (χ0) is 20.9. The summed E-state index contributed by atoms with van der Waals surface area (Å²) >= 11 is 1.25. The average molecular weight is 420 g/mol. The monoisotopic (exact) mass is 419 g/mol. The number of amides is 1. The Labute approximate surface area is 177 Å². The Morgan fingerprint density at radius 1 is 1.10 bits per heavy atom. The van der Waals surface area contributed by atoms with Gasteiger partial charge in [0.25, 0.3) is 5.56 Å². The second-order valence-electron chi connectivity index (χ2n) is 6.82. The Bertz CT molecular complexity index is 1200. The molecular weight excluding hydrogens is 398 g/mol. The van der Waals surface area contributed by atoms with Crippen LogP contribution in [0.3, 0.4) is 0 Å². The highest BCUT2D eigenvalue weighted by Gasteiger charge is 2.18. The molecule has 7 heteroatoms. The van der Waals surface area contributed by atoms with Crippen LogP contribution >= 0.6 is 11.8 Å². The quantitative estimate of drug-likeness (QED) is 0.362. The summed E-state index contributed by atoms with van der Waals surface area (Å²) in [5.74, 6) is 0.678. The number of nitrogens with zero attached hydrogens (tertiary/aromatic N) is 2. The molecule has 30 heavy (non-hydrogen) atoms. The summed E-state index contributed by atoms with van der Waals surface area (Å²) in [4.78, 5) is 30.3. The standard InChI is InChI=1S/C23H21N3O3S/c1-16(17-8-3-2-4-9-17)26-22(28)19-11-5-6-12-20(19)25-23(26)30-15-21(27)24-14-18-10-7-13-29-18/h2-13,16H,14-15H2,1H3,(H,24,27). The van der Waals surface area contributed by atoms with Crippen LogP contribution in [0.25, 0.3) is 10.9 Å². The van der Waals surface area contributed by atoms with Crippen LogP contribution in [-0.4, -0.2) is 21.2 Å². The first-order chi connectivity index (χ1) is 14.6. The molecule has 0 radical (unpaired) electrons. The molecule has 0 saturated heterocycles. The van der Waals surface area contributed by atoms with Gasteiger partial charge in [-0.15, -0.1) is 0 Å². The number of para-hydroxylation sites is 1. The van der Waals surface area contributed by atoms with E-state index in [2.05, 4.69) is 5.32 Å². The van der Waals surface area contributed by atoms with Crippen molar-refractivity contribution in [3.63, 3.8) is 0 Å². The molecule has 1 unspecified atom stereocenters. The van der Waals surface area contributed by atoms with E-state index in [9.17, 15) is 9.59 Å². The van der Waals surface area contributed by atoms with Crippen molar-refractivity contribution in [3.05, 3.63) is 94.7 Å². The SMILES string of the molecule is CC(c1ccccc1)n1c(SCC(=O)NCc2ccco2)nc2ccccc2c1=O. The highest BCUT2D eigenvalue weighted by molar-refractivity contribution is 7.99. The summed E-state index contributed by atoms with van der Waals surface area (Å²) in [5.41, 5.74) is 1.51. The third-order valence-corrected chi connectivity index (χ3v) is 5.77. The summed E-state index contributed by atoms with van der Waals surface area (Å²) in [6.45, 7) is 2.29. The minimum Gasteiger partial charge on any atom is -0.467 e. The topological polar surface area (TPSA) is 77.1 Å². The van der Waals surface area contributed by atoms with E-state index in [-0.39, 0.29) is 23.3 Å². The van der Waals surface area contributed by atoms with E-state index < -0.39 is 0 Å². The van der Waals surface area contributed by atoms with Crippen LogP contribution in [0, 0.1) is 0 Å². The molecule has 1 amide bonds. The molecule has 1 atom stereocenters. The summed E-state index contributed by atoms with van der Waals surface area (Å²) in [6, 6.07) is 20.4. The second kappa shape index (κ2) is 9.00. The molecule has 4 rings (SSSR count). The molecule has 0 bridgehead atoms. The van der Waals surface area contributed by atoms with E-state index in [1.807, 2.05) is 55.5 Å². The lowest BCUT2D eigenvalue weighted by molar-refractivity contribution is -0.118. The smallest absolute Gasteiger partial charge is 0.262 e. The minimum atomic E-state index is -0.218. The maximum absolute atomic E-state index is 13.3. The largest absolute Gasteiger partial charge is 0.467 e. The fourth-order valence-electron chi connectivity index (χ4n) is 3.23. The van der Waals surface area contributed by atoms with Crippen molar-refractivity contribution in [2.75, 3.05) is 5.75 Å². The molecule has 0 aliphatic heterocycles. The number of carbonyl (C=O) groups excluding carboxylic acids is 1. The van der Waals surface area contributed by atoms with Crippen molar-refractivity contribution >= 4 is 28.6 Å². The molecule has 0 aliphatic rings. The lowest BCUT2D eigenvalue weighted by Crippen LogP contribution is -2.28. The van der Waals surface area contributed by atoms with Crippen molar-refractivity contribution in [3.8, 4) is 0 Å². The number of benzene rings is 2. The summed E-state index contributed by atoms with van der Waals surface area (Å²) in [7, 11) is 0. The van der Waals surface area contributed by atoms with E-state index in [0.29, 0.717) is 28.4 Å². The third-order valence-electron chi connectivity index (χ3n) is 4.82. The van der Waals surface area contributed by atoms with Gasteiger partial charge in [-0.3, -0.25) is 14.2 Å². The molecule has 0 spiro atoms. The van der Waals surface area contributed by atoms with Crippen molar-refractivity contribution in [1.82, 2.24) is 14.9 Å². The number of fused-ring (bicyclic) bond motifs is 1. The van der Waals surface area contributed by atoms with E-state index in [0.717, 1.165) is 5.56 Å². The van der Waals surface area contributed by atoms with Gasteiger partial charge in [-0.25, -0.2) is 4.98 Å². The van der Waals surface area contributed by atoms with Crippen LogP contribution in [-0.2, 0) is 11.3 Å². The first-order valence-corrected chi connectivity index (χ1v) is 10.6. The van der Waals surface area contributed by atoms with Crippen molar-refractivity contribution < 1.29 is 9.21 Å². The second-order valence-corrected chi connectivity index (χ2v) is 7.76. The van der Waals surface area contributed by atoms with Gasteiger partial charge < -0.3 is 9.73 Å². The van der Waals surface area contributed by atoms with Crippen molar-refractivity contribution in [1.29, 1.82) is 0 Å². The molecule has 0 aliphatic carbocycles. The van der Waals surface area contributed by atoms with Gasteiger partial charge in [0.05, 0.1) is 35.5 Å². The predicted octanol–water partition coefficient (Wildman–Crippen LogP) is 4.01. The Hall–Kier alpha value is -3.32. The zero-order valence-electron chi connectivity index (χ0n) is 16.4. The van der Waals surface area contributed by atoms with Crippen LogP contribution in [0.2, 0.25) is 0 Å². The van der Waals surface area contributed by atoms with Gasteiger partial charge in [0.2, 0.25) is 5.91 Å². The Morgan fingerprint density at radius 3 is 2.63 bits per heavy atom. The Balaban J connectivity index is 1.62. The minimum absolute atomic E-state index is 0.115. The summed E-state index contributed by atoms with van der Waals surface area (Å²) in [5, 5.41) is 3.90. The fraction of sp³-hybridized carbons (Fsp3) is 0.174. The molecule has 1 N–H and O–H groups in total. The lowest BCUT2D eigenvalue weighted by atomic mass is 10.1. The van der Waals surface area contributed by atoms with E-state index in [1.54, 1.807) is 29.0 Å². The lowest BCUT2D eigenvalue weighted by Gasteiger charge is -2.20. The molecule has 4 aromatic rings. The van der Waals surface area contributed by atoms with Gasteiger partial charge in [-0.1, -0.05) is 54.2 Å². The number of nitrogens with one attached hydrogen (secondary N) is 1. The highest BCUT2D eigenvalue weighted by Crippen LogP contribution is 2.24. The molecular formula is C23H21N3O3S. The normalized spacial score (nSPS) is 12.0. The van der Waals surface area contributed by atoms with Crippen LogP contribution in [0.4, 0.5) is 0 Å². The van der Waals surface area contributed by atoms with Gasteiger partial charge in [0, 0.05) is 0 Å². The van der Waals surface area contributed by atoms with Gasteiger partial charge in [-0.05, 0) is 36.8 Å². The number of carbonyl (C=O) groups is 1. The number of hydrogen-bond acceptors (Lipinski definition) is 5. The van der Waals surface area contributed by atoms with Crippen LogP contribution in [0.15, 0.2) is 87.4 Å². The number of rotatable bonds is 7. The zero-order valence-corrected chi connectivity index (χ0v) is 17.3. The van der Waals surface area contributed by atoms with Gasteiger partial charge in [0.1, 0.15) is 5.76 Å². The van der Waals surface area contributed by atoms with Crippen LogP contribution in [0.1, 0.15) is 24.3 Å². The number of aromatic nitrogens is 2. The third kappa shape index (κ3) is 4.31. The van der Waals surface area contributed by atoms with E-state index in [4.69, 9.17) is 9.40 Å². The maximum Gasteiger partial charge on any atom is 0.262 e. The maximum atomic E-state index is 13.3. The molecule has 0 fully saturated rings. The summed E-state index contributed by atoms with van der Waals surface area (Å²) in [6.07, 6.45) is 1.57. The number of furan rings is 1. The average Bonchev–Trinajstić information content (AvgIpc) is 3.30. The summed E-state index contributed by atoms with van der Waals surface area (Å²) < 4.78 is 6.90. The van der Waals surface area contributed by atoms with E-state index in [1.165, 1.54) is 11.8 Å². The molecule has 2 heterocycles. The highest BCUT2D eigenvalue weighted by atomic mass is 32.2. The molecule has 0 saturated carbocycles. The number of hydrogen-bond donors (Lipinski definition) is 1. The molecule has 152 valence electrons. The van der Waals surface area contributed by atoms with Crippen molar-refractivity contribution in [2.24, 2.45) is 0 Å². The van der Waals surface area contributed by atoms with Crippen LogP contribution < -0.4 is 10.9 Å². The Morgan fingerprint density at radius 2 is 1.87 bits per heavy atom. The fourth-order valence-corrected chi connectivity index (χ4v) is 4.13. The molecule has 2 aromatic heterocycles. The van der Waals surface area contributed by atoms with Crippen molar-refractivity contribution in [2.45, 2.75) is 24.7 Å². The molecule has 6 nitrogen and oxygen atoms in total. The predicted molar refractivity (Wildman–Crippen MR) is 118 cm³/mol. The van der Waals surface area contributed by atoms with Gasteiger partial charge in [0.15, 0.2) is 5.16 Å².